The van der Waals surface area contributed by atoms with Gasteiger partial charge in [-0.25, -0.2) is 0 Å². The van der Waals surface area contributed by atoms with E-state index >= 15 is 0 Å². The predicted octanol–water partition coefficient (Wildman–Crippen LogP) is 2.60. The van der Waals surface area contributed by atoms with E-state index in [4.69, 9.17) is 0 Å². The molecule has 0 aromatic carbocycles. The molecular weight excluding hydrogens is 154 g/mol. The molecule has 0 aromatic heterocycles. The van der Waals surface area contributed by atoms with Crippen LogP contribution in [0.15, 0.2) is 12.0 Å². The number of nitrogens with zero attached hydrogens (tertiary/aromatic N) is 1. The highest BCUT2D eigenvalue weighted by molar-refractivity contribution is 8.33. The van der Waals surface area contributed by atoms with Crippen molar-refractivity contribution in [1.82, 2.24) is 4.31 Å². The van der Waals surface area contributed by atoms with Crippen LogP contribution in [0, 0.1) is 0 Å². The molecule has 0 amide bonds. The minimum Gasteiger partial charge on any atom is -0.265 e. The molecule has 1 aliphatic rings. The summed E-state index contributed by atoms with van der Waals surface area (Å²) in [4.78, 5) is 0. The third kappa shape index (κ3) is 2.24. The quantitative estimate of drug-likeness (QED) is 0.620. The molecule has 2 heteroatoms. The van der Waals surface area contributed by atoms with Gasteiger partial charge in [-0.05, 0) is 30.8 Å². The maximum absolute atomic E-state index is 3.90. The van der Waals surface area contributed by atoms with Crippen molar-refractivity contribution in [1.29, 1.82) is 0 Å². The van der Waals surface area contributed by atoms with E-state index in [0.717, 1.165) is 0 Å². The molecule has 1 fully saturated rings. The van der Waals surface area contributed by atoms with Crippen molar-refractivity contribution in [3.05, 3.63) is 12.0 Å². The van der Waals surface area contributed by atoms with Gasteiger partial charge in [-0.2, -0.15) is 10.2 Å². The van der Waals surface area contributed by atoms with Crippen LogP contribution in [0.4, 0.5) is 0 Å². The van der Waals surface area contributed by atoms with Gasteiger partial charge in [-0.1, -0.05) is 13.0 Å². The lowest BCUT2D eigenvalue weighted by molar-refractivity contribution is 0.375. The van der Waals surface area contributed by atoms with Crippen molar-refractivity contribution in [3.63, 3.8) is 0 Å². The van der Waals surface area contributed by atoms with Crippen LogP contribution in [-0.4, -0.2) is 29.9 Å². The molecule has 1 rings (SSSR count). The third-order valence-electron chi connectivity index (χ3n) is 2.39. The molecule has 1 aliphatic heterocycles. The Morgan fingerprint density at radius 2 is 1.73 bits per heavy atom. The molecule has 1 nitrogen and oxygen atoms in total. The van der Waals surface area contributed by atoms with Crippen molar-refractivity contribution in [2.45, 2.75) is 19.3 Å². The first-order valence-electron chi connectivity index (χ1n) is 4.28. The predicted molar refractivity (Wildman–Crippen MR) is 55.1 cm³/mol. The van der Waals surface area contributed by atoms with Gasteiger partial charge in [-0.15, -0.1) is 0 Å². The van der Waals surface area contributed by atoms with Gasteiger partial charge < -0.3 is 0 Å². The Hall–Kier alpha value is 0.0500. The van der Waals surface area contributed by atoms with Crippen LogP contribution in [0.25, 0.3) is 0 Å². The summed E-state index contributed by atoms with van der Waals surface area (Å²) in [7, 11) is -0.624. The summed E-state index contributed by atoms with van der Waals surface area (Å²) in [6.07, 6.45) is 8.83. The van der Waals surface area contributed by atoms with Gasteiger partial charge in [0.15, 0.2) is 0 Å². The minimum atomic E-state index is -0.624. The zero-order chi connectivity index (χ0) is 8.32. The average Bonchev–Trinajstić information content (AvgIpc) is 2.06. The summed E-state index contributed by atoms with van der Waals surface area (Å²) in [5.74, 6) is 0. The Kier molecular flexibility index (Phi) is 3.02. The number of rotatable bonds is 2. The second-order valence-corrected chi connectivity index (χ2v) is 7.06. The smallest absolute Gasteiger partial charge is 0.00770 e. The van der Waals surface area contributed by atoms with Crippen LogP contribution in [0.2, 0.25) is 0 Å². The molecule has 0 N–H and O–H groups in total. The fraction of sp³-hybridized carbons (Fsp3) is 0.778. The maximum Gasteiger partial charge on any atom is 0.00770 e. The van der Waals surface area contributed by atoms with E-state index in [1.807, 2.05) is 0 Å². The number of hydrogen-bond donors (Lipinski definition) is 0. The van der Waals surface area contributed by atoms with Crippen LogP contribution in [0.5, 0.6) is 0 Å². The molecule has 0 bridgehead atoms. The molecule has 0 atom stereocenters. The van der Waals surface area contributed by atoms with Crippen molar-refractivity contribution >= 4 is 10.2 Å². The Morgan fingerprint density at radius 1 is 1.18 bits per heavy atom. The monoisotopic (exact) mass is 173 g/mol. The fourth-order valence-corrected chi connectivity index (χ4v) is 2.85. The molecule has 11 heavy (non-hydrogen) atoms. The standard InChI is InChI=1S/C9H19NS/c1-4-11(2,3)10-8-6-5-7-9-10/h4H,1,5-9H2,2-3H3. The zero-order valence-corrected chi connectivity index (χ0v) is 8.49. The SMILES string of the molecule is C=CS(C)(C)N1CCCCC1. The average molecular weight is 173 g/mol. The van der Waals surface area contributed by atoms with Crippen molar-refractivity contribution in [2.24, 2.45) is 0 Å². The summed E-state index contributed by atoms with van der Waals surface area (Å²) in [6, 6.07) is 0. The Labute approximate surface area is 71.9 Å². The number of hydrogen-bond acceptors (Lipinski definition) is 1. The van der Waals surface area contributed by atoms with Gasteiger partial charge in [0.1, 0.15) is 0 Å². The lowest BCUT2D eigenvalue weighted by Crippen LogP contribution is -2.30. The summed E-state index contributed by atoms with van der Waals surface area (Å²) in [5.41, 5.74) is 0. The number of piperidine rings is 1. The summed E-state index contributed by atoms with van der Waals surface area (Å²) in [5, 5.41) is 2.14. The van der Waals surface area contributed by atoms with E-state index in [1.54, 1.807) is 0 Å². The normalized spacial score (nSPS) is 23.1. The first-order valence-corrected chi connectivity index (χ1v) is 6.75. The van der Waals surface area contributed by atoms with E-state index in [1.165, 1.54) is 32.4 Å². The molecular formula is C9H19NS. The largest absolute Gasteiger partial charge is 0.265 e. The molecule has 66 valence electrons. The van der Waals surface area contributed by atoms with Gasteiger partial charge in [-0.3, -0.25) is 4.31 Å². The van der Waals surface area contributed by atoms with Gasteiger partial charge >= 0.3 is 0 Å². The van der Waals surface area contributed by atoms with Gasteiger partial charge in [0.05, 0.1) is 0 Å². The van der Waals surface area contributed by atoms with Crippen LogP contribution < -0.4 is 0 Å². The summed E-state index contributed by atoms with van der Waals surface area (Å²) < 4.78 is 2.60. The molecule has 0 unspecified atom stereocenters. The molecule has 0 aromatic rings. The Bertz CT molecular complexity index is 136. The van der Waals surface area contributed by atoms with Crippen molar-refractivity contribution in [2.75, 3.05) is 25.6 Å². The molecule has 0 spiro atoms. The van der Waals surface area contributed by atoms with Gasteiger partial charge in [0.2, 0.25) is 0 Å². The van der Waals surface area contributed by atoms with Crippen molar-refractivity contribution < 1.29 is 0 Å². The van der Waals surface area contributed by atoms with Crippen LogP contribution >= 0.6 is 10.2 Å². The molecule has 0 radical (unpaired) electrons. The third-order valence-corrected chi connectivity index (χ3v) is 4.90. The van der Waals surface area contributed by atoms with Crippen LogP contribution in [-0.2, 0) is 0 Å². The summed E-state index contributed by atoms with van der Waals surface area (Å²) >= 11 is 0. The Balaban J connectivity index is 2.50. The van der Waals surface area contributed by atoms with E-state index in [-0.39, 0.29) is 0 Å². The van der Waals surface area contributed by atoms with E-state index in [0.29, 0.717) is 0 Å². The minimum absolute atomic E-state index is 0.624. The molecule has 0 aliphatic carbocycles. The van der Waals surface area contributed by atoms with E-state index < -0.39 is 10.2 Å². The van der Waals surface area contributed by atoms with Gasteiger partial charge in [0, 0.05) is 13.1 Å². The zero-order valence-electron chi connectivity index (χ0n) is 7.68. The fourth-order valence-electron chi connectivity index (χ4n) is 1.44. The second-order valence-electron chi connectivity index (χ2n) is 3.51. The second kappa shape index (κ2) is 3.63. The van der Waals surface area contributed by atoms with Gasteiger partial charge in [0.25, 0.3) is 0 Å². The first-order chi connectivity index (χ1) is 5.17. The highest BCUT2D eigenvalue weighted by atomic mass is 32.3. The lowest BCUT2D eigenvalue weighted by atomic mass is 10.2. The Morgan fingerprint density at radius 3 is 2.18 bits per heavy atom. The topological polar surface area (TPSA) is 3.24 Å². The summed E-state index contributed by atoms with van der Waals surface area (Å²) in [6.45, 7) is 6.48. The lowest BCUT2D eigenvalue weighted by Gasteiger charge is -2.42. The highest BCUT2D eigenvalue weighted by Gasteiger charge is 2.19. The highest BCUT2D eigenvalue weighted by Crippen LogP contribution is 2.46. The van der Waals surface area contributed by atoms with Crippen LogP contribution in [0.1, 0.15) is 19.3 Å². The molecule has 1 saturated heterocycles. The van der Waals surface area contributed by atoms with E-state index in [2.05, 4.69) is 28.8 Å². The van der Waals surface area contributed by atoms with E-state index in [9.17, 15) is 0 Å². The first kappa shape index (κ1) is 9.14. The van der Waals surface area contributed by atoms with Crippen LogP contribution in [0.3, 0.4) is 0 Å². The molecule has 0 saturated carbocycles. The molecule has 1 heterocycles. The van der Waals surface area contributed by atoms with Crippen molar-refractivity contribution in [3.8, 4) is 0 Å². The maximum atomic E-state index is 3.90.